The van der Waals surface area contributed by atoms with Crippen molar-refractivity contribution in [3.63, 3.8) is 0 Å². The van der Waals surface area contributed by atoms with Crippen molar-refractivity contribution < 1.29 is 9.53 Å². The van der Waals surface area contributed by atoms with E-state index in [1.165, 1.54) is 5.56 Å². The van der Waals surface area contributed by atoms with Crippen LogP contribution in [0, 0.1) is 0 Å². The van der Waals surface area contributed by atoms with Crippen LogP contribution in [0.1, 0.15) is 26.3 Å². The predicted molar refractivity (Wildman–Crippen MR) is 72.6 cm³/mol. The lowest BCUT2D eigenvalue weighted by molar-refractivity contribution is -0.122. The van der Waals surface area contributed by atoms with Gasteiger partial charge in [0.1, 0.15) is 5.75 Å². The lowest BCUT2D eigenvalue weighted by Gasteiger charge is -2.09. The van der Waals surface area contributed by atoms with Crippen LogP contribution in [0.4, 0.5) is 0 Å². The summed E-state index contributed by atoms with van der Waals surface area (Å²) < 4.78 is 5.37. The number of benzene rings is 1. The molecule has 4 heteroatoms. The predicted octanol–water partition coefficient (Wildman–Crippen LogP) is 1.70. The summed E-state index contributed by atoms with van der Waals surface area (Å²) in [7, 11) is 0. The Kier molecular flexibility index (Phi) is 6.22. The zero-order valence-electron chi connectivity index (χ0n) is 11.3. The topological polar surface area (TPSA) is 50.4 Å². The molecule has 1 aromatic carbocycles. The standard InChI is InChI=1S/C14H22N2O2/c1-4-15-14(17)10-18-13-7-5-12(6-8-13)9-16-11(2)3/h5-8,11,16H,4,9-10H2,1-3H3,(H,15,17). The summed E-state index contributed by atoms with van der Waals surface area (Å²) in [5, 5.41) is 6.03. The largest absolute Gasteiger partial charge is 0.484 e. The molecule has 0 bridgehead atoms. The summed E-state index contributed by atoms with van der Waals surface area (Å²) in [5.41, 5.74) is 1.20. The molecule has 0 aliphatic carbocycles. The van der Waals surface area contributed by atoms with Crippen molar-refractivity contribution in [2.45, 2.75) is 33.4 Å². The van der Waals surface area contributed by atoms with Gasteiger partial charge in [-0.2, -0.15) is 0 Å². The first-order valence-electron chi connectivity index (χ1n) is 6.33. The number of amides is 1. The Morgan fingerprint density at radius 3 is 2.50 bits per heavy atom. The van der Waals surface area contributed by atoms with Gasteiger partial charge in [0.05, 0.1) is 0 Å². The zero-order valence-corrected chi connectivity index (χ0v) is 11.3. The summed E-state index contributed by atoms with van der Waals surface area (Å²) in [4.78, 5) is 11.2. The van der Waals surface area contributed by atoms with Gasteiger partial charge in [-0.1, -0.05) is 26.0 Å². The highest BCUT2D eigenvalue weighted by Crippen LogP contribution is 2.12. The third-order valence-corrected chi connectivity index (χ3v) is 2.38. The average Bonchev–Trinajstić information content (AvgIpc) is 2.35. The number of nitrogens with one attached hydrogen (secondary N) is 2. The molecular formula is C14H22N2O2. The van der Waals surface area contributed by atoms with Crippen LogP contribution >= 0.6 is 0 Å². The third-order valence-electron chi connectivity index (χ3n) is 2.38. The average molecular weight is 250 g/mol. The van der Waals surface area contributed by atoms with Crippen LogP contribution in [0.2, 0.25) is 0 Å². The van der Waals surface area contributed by atoms with Crippen LogP contribution in [0.3, 0.4) is 0 Å². The molecule has 18 heavy (non-hydrogen) atoms. The van der Waals surface area contributed by atoms with Gasteiger partial charge in [0, 0.05) is 19.1 Å². The number of carbonyl (C=O) groups is 1. The minimum absolute atomic E-state index is 0.0669. The molecule has 1 rings (SSSR count). The molecule has 2 N–H and O–H groups in total. The summed E-state index contributed by atoms with van der Waals surface area (Å²) >= 11 is 0. The molecule has 1 aromatic rings. The van der Waals surface area contributed by atoms with Crippen LogP contribution in [0.5, 0.6) is 5.75 Å². The summed E-state index contributed by atoms with van der Waals surface area (Å²) in [6.07, 6.45) is 0. The molecule has 0 fully saturated rings. The fourth-order valence-electron chi connectivity index (χ4n) is 1.42. The molecular weight excluding hydrogens is 228 g/mol. The summed E-state index contributed by atoms with van der Waals surface area (Å²) in [6, 6.07) is 8.25. The normalized spacial score (nSPS) is 10.4. The molecule has 0 saturated carbocycles. The maximum absolute atomic E-state index is 11.2. The minimum atomic E-state index is -0.0944. The highest BCUT2D eigenvalue weighted by molar-refractivity contribution is 5.77. The van der Waals surface area contributed by atoms with Crippen LogP contribution in [0.15, 0.2) is 24.3 Å². The maximum atomic E-state index is 11.2. The molecule has 0 atom stereocenters. The Balaban J connectivity index is 2.38. The van der Waals surface area contributed by atoms with E-state index in [2.05, 4.69) is 24.5 Å². The molecule has 0 aromatic heterocycles. The Morgan fingerprint density at radius 1 is 1.28 bits per heavy atom. The second kappa shape index (κ2) is 7.71. The lowest BCUT2D eigenvalue weighted by Crippen LogP contribution is -2.28. The van der Waals surface area contributed by atoms with Gasteiger partial charge in [-0.05, 0) is 24.6 Å². The zero-order chi connectivity index (χ0) is 13.4. The van der Waals surface area contributed by atoms with E-state index >= 15 is 0 Å². The van der Waals surface area contributed by atoms with Crippen LogP contribution < -0.4 is 15.4 Å². The van der Waals surface area contributed by atoms with Gasteiger partial charge in [-0.25, -0.2) is 0 Å². The molecule has 0 unspecified atom stereocenters. The Morgan fingerprint density at radius 2 is 1.94 bits per heavy atom. The molecule has 0 heterocycles. The first kappa shape index (κ1) is 14.5. The molecule has 0 saturated heterocycles. The van der Waals surface area contributed by atoms with Crippen molar-refractivity contribution in [2.75, 3.05) is 13.2 Å². The molecule has 0 aliphatic heterocycles. The van der Waals surface area contributed by atoms with E-state index in [-0.39, 0.29) is 12.5 Å². The minimum Gasteiger partial charge on any atom is -0.484 e. The van der Waals surface area contributed by atoms with E-state index in [0.29, 0.717) is 12.6 Å². The molecule has 1 amide bonds. The van der Waals surface area contributed by atoms with Crippen molar-refractivity contribution in [1.82, 2.24) is 10.6 Å². The van der Waals surface area contributed by atoms with E-state index < -0.39 is 0 Å². The first-order valence-corrected chi connectivity index (χ1v) is 6.33. The van der Waals surface area contributed by atoms with Gasteiger partial charge in [0.25, 0.3) is 5.91 Å². The molecule has 100 valence electrons. The van der Waals surface area contributed by atoms with E-state index in [1.54, 1.807) is 0 Å². The second-order valence-corrected chi connectivity index (χ2v) is 4.42. The molecule has 0 radical (unpaired) electrons. The number of rotatable bonds is 7. The van der Waals surface area contributed by atoms with Gasteiger partial charge in [0.2, 0.25) is 0 Å². The van der Waals surface area contributed by atoms with Crippen molar-refractivity contribution in [3.8, 4) is 5.75 Å². The number of ether oxygens (including phenoxy) is 1. The first-order chi connectivity index (χ1) is 8.61. The number of hydrogen-bond acceptors (Lipinski definition) is 3. The third kappa shape index (κ3) is 5.68. The van der Waals surface area contributed by atoms with Crippen molar-refractivity contribution in [3.05, 3.63) is 29.8 Å². The monoisotopic (exact) mass is 250 g/mol. The number of hydrogen-bond donors (Lipinski definition) is 2. The lowest BCUT2D eigenvalue weighted by atomic mass is 10.2. The van der Waals surface area contributed by atoms with Crippen molar-refractivity contribution in [1.29, 1.82) is 0 Å². The van der Waals surface area contributed by atoms with E-state index in [4.69, 9.17) is 4.74 Å². The highest BCUT2D eigenvalue weighted by atomic mass is 16.5. The van der Waals surface area contributed by atoms with E-state index in [0.717, 1.165) is 12.3 Å². The van der Waals surface area contributed by atoms with Gasteiger partial charge in [-0.3, -0.25) is 4.79 Å². The number of likely N-dealkylation sites (N-methyl/N-ethyl adjacent to an activating group) is 1. The van der Waals surface area contributed by atoms with Gasteiger partial charge >= 0.3 is 0 Å². The smallest absolute Gasteiger partial charge is 0.257 e. The quantitative estimate of drug-likeness (QED) is 0.774. The van der Waals surface area contributed by atoms with Gasteiger partial charge < -0.3 is 15.4 Å². The van der Waals surface area contributed by atoms with E-state index in [9.17, 15) is 4.79 Å². The van der Waals surface area contributed by atoms with Crippen LogP contribution in [-0.2, 0) is 11.3 Å². The molecule has 0 aliphatic rings. The van der Waals surface area contributed by atoms with Gasteiger partial charge in [0.15, 0.2) is 6.61 Å². The maximum Gasteiger partial charge on any atom is 0.257 e. The fraction of sp³-hybridized carbons (Fsp3) is 0.500. The summed E-state index contributed by atoms with van der Waals surface area (Å²) in [5.74, 6) is 0.623. The van der Waals surface area contributed by atoms with Gasteiger partial charge in [-0.15, -0.1) is 0 Å². The highest BCUT2D eigenvalue weighted by Gasteiger charge is 2.01. The van der Waals surface area contributed by atoms with Crippen LogP contribution in [0.25, 0.3) is 0 Å². The number of carbonyl (C=O) groups excluding carboxylic acids is 1. The Labute approximate surface area is 109 Å². The Bertz CT molecular complexity index is 361. The molecule has 0 spiro atoms. The molecule has 4 nitrogen and oxygen atoms in total. The fourth-order valence-corrected chi connectivity index (χ4v) is 1.42. The second-order valence-electron chi connectivity index (χ2n) is 4.42. The van der Waals surface area contributed by atoms with E-state index in [1.807, 2.05) is 31.2 Å². The SMILES string of the molecule is CCNC(=O)COc1ccc(CNC(C)C)cc1. The Hall–Kier alpha value is -1.55. The van der Waals surface area contributed by atoms with Crippen LogP contribution in [-0.4, -0.2) is 25.1 Å². The van der Waals surface area contributed by atoms with Crippen molar-refractivity contribution >= 4 is 5.91 Å². The van der Waals surface area contributed by atoms with Crippen molar-refractivity contribution in [2.24, 2.45) is 0 Å². The summed E-state index contributed by atoms with van der Waals surface area (Å²) in [6.45, 7) is 7.65.